The molecule has 0 fully saturated rings. The number of hydrogen-bond donors (Lipinski definition) is 0. The summed E-state index contributed by atoms with van der Waals surface area (Å²) in [4.78, 5) is 10.3. The first-order chi connectivity index (χ1) is 4.59. The number of carbonyl (C=O) groups excluding carboxylic acids is 1. The Labute approximate surface area is 74.9 Å². The Morgan fingerprint density at radius 1 is 1.40 bits per heavy atom. The molecule has 0 aliphatic carbocycles. The summed E-state index contributed by atoms with van der Waals surface area (Å²) in [6.07, 6.45) is 0. The molecule has 0 unspecified atom stereocenters. The molecule has 0 spiro atoms. The topological polar surface area (TPSA) is 26.3 Å². The van der Waals surface area contributed by atoms with Crippen LogP contribution in [-0.4, -0.2) is 36.3 Å². The molecule has 0 rings (SSSR count). The molecule has 0 amide bonds. The molecular weight excluding hydrogens is 325 g/mol. The third kappa shape index (κ3) is 11.2. The van der Waals surface area contributed by atoms with Crippen LogP contribution in [0.1, 0.15) is 13.8 Å². The summed E-state index contributed by atoms with van der Waals surface area (Å²) in [5, 5.41) is 0. The van der Waals surface area contributed by atoms with Gasteiger partial charge in [-0.3, -0.25) is 4.79 Å². The fourth-order valence-electron chi connectivity index (χ4n) is 0.236. The van der Waals surface area contributed by atoms with Gasteiger partial charge in [0.05, 0.1) is 13.0 Å². The number of esters is 1. The molecule has 0 aromatic rings. The number of ether oxygens (including phenoxy) is 1. The second-order valence-electron chi connectivity index (χ2n) is 2.18. The van der Waals surface area contributed by atoms with Crippen molar-refractivity contribution in [2.24, 2.45) is 5.92 Å². The molecule has 0 aliphatic rings. The molecule has 0 saturated carbocycles. The summed E-state index contributed by atoms with van der Waals surface area (Å²) in [5.74, 6) is -0.148. The molecule has 0 bridgehead atoms. The van der Waals surface area contributed by atoms with E-state index in [-0.39, 0.29) is 35.1 Å². The van der Waals surface area contributed by atoms with E-state index in [0.717, 1.165) is 0 Å². The number of methoxy groups -OCH3 is 1. The molecule has 0 aromatic heterocycles. The van der Waals surface area contributed by atoms with Crippen LogP contribution in [0.25, 0.3) is 0 Å². The summed E-state index contributed by atoms with van der Waals surface area (Å²) >= 11 is 0.0833. The minimum atomic E-state index is -0.153. The average Bonchev–Trinajstić information content (AvgIpc) is 1.88. The zero-order valence-electron chi connectivity index (χ0n) is 7.39. The molecule has 10 heavy (non-hydrogen) atoms. The molecule has 0 radical (unpaired) electrons. The molecule has 3 heteroatoms. The quantitative estimate of drug-likeness (QED) is 0.531. The van der Waals surface area contributed by atoms with Crippen molar-refractivity contribution in [3.8, 4) is 0 Å². The second-order valence-corrected chi connectivity index (χ2v) is 6.07. The Kier molecular flexibility index (Phi) is 12.1. The van der Waals surface area contributed by atoms with Crippen LogP contribution >= 0.6 is 0 Å². The zero-order chi connectivity index (χ0) is 8.57. The summed E-state index contributed by atoms with van der Waals surface area (Å²) < 4.78 is 9.01. The van der Waals surface area contributed by atoms with Gasteiger partial charge in [0.2, 0.25) is 0 Å². The minimum absolute atomic E-state index is 0.00463. The van der Waals surface area contributed by atoms with Crippen molar-refractivity contribution in [3.63, 3.8) is 0 Å². The van der Waals surface area contributed by atoms with Crippen LogP contribution in [-0.2, 0) is 9.53 Å². The maximum atomic E-state index is 10.3. The van der Waals surface area contributed by atoms with Crippen molar-refractivity contribution in [2.75, 3.05) is 7.11 Å². The van der Waals surface area contributed by atoms with Crippen LogP contribution in [0, 0.1) is 5.92 Å². The van der Waals surface area contributed by atoms with Crippen molar-refractivity contribution >= 4 is 29.2 Å². The molecule has 62 valence electrons. The molecule has 0 aromatic carbocycles. The van der Waals surface area contributed by atoms with Gasteiger partial charge < -0.3 is 4.74 Å². The summed E-state index contributed by atoms with van der Waals surface area (Å²) in [7, 11) is 1.39. The monoisotopic (exact) mass is 342 g/mol. The van der Waals surface area contributed by atoms with Crippen LogP contribution in [0.2, 0.25) is 9.26 Å². The van der Waals surface area contributed by atoms with Gasteiger partial charge in [0.25, 0.3) is 0 Å². The van der Waals surface area contributed by atoms with Gasteiger partial charge in [-0.05, 0) is 0 Å². The van der Waals surface area contributed by atoms with Crippen molar-refractivity contribution in [1.82, 2.24) is 0 Å². The van der Waals surface area contributed by atoms with Crippen molar-refractivity contribution in [3.05, 3.63) is 0 Å². The molecular formula is C7H17BiO2. The number of hydrogen-bond acceptors (Lipinski definition) is 2. The van der Waals surface area contributed by atoms with E-state index < -0.39 is 0 Å². The summed E-state index contributed by atoms with van der Waals surface area (Å²) in [6.45, 7) is 3.59. The third-order valence-electron chi connectivity index (χ3n) is 0.673. The first-order valence-electron chi connectivity index (χ1n) is 3.26. The average molecular weight is 342 g/mol. The third-order valence-corrected chi connectivity index (χ3v) is 0.673. The normalized spacial score (nSPS) is 8.20. The van der Waals surface area contributed by atoms with Crippen LogP contribution < -0.4 is 0 Å². The Morgan fingerprint density at radius 2 is 1.70 bits per heavy atom. The van der Waals surface area contributed by atoms with Crippen LogP contribution in [0.15, 0.2) is 0 Å². The van der Waals surface area contributed by atoms with E-state index in [2.05, 4.69) is 14.0 Å². The van der Waals surface area contributed by atoms with Gasteiger partial charge in [-0.25, -0.2) is 0 Å². The number of carbonyl (C=O) groups is 1. The molecule has 0 saturated heterocycles. The van der Waals surface area contributed by atoms with E-state index in [4.69, 9.17) is 0 Å². The zero-order valence-corrected chi connectivity index (χ0v) is 11.3. The van der Waals surface area contributed by atoms with E-state index in [0.29, 0.717) is 0 Å². The fraction of sp³-hybridized carbons (Fsp3) is 0.857. The van der Waals surface area contributed by atoms with E-state index >= 15 is 0 Å². The number of rotatable bonds is 1. The molecule has 0 heterocycles. The van der Waals surface area contributed by atoms with Crippen LogP contribution in [0.3, 0.4) is 0 Å². The summed E-state index contributed by atoms with van der Waals surface area (Å²) in [5.41, 5.74) is 0. The molecule has 0 atom stereocenters. The van der Waals surface area contributed by atoms with Gasteiger partial charge in [-0.15, -0.1) is 0 Å². The predicted molar refractivity (Wildman–Crippen MR) is 45.7 cm³/mol. The van der Waals surface area contributed by atoms with Gasteiger partial charge in [-0.1, -0.05) is 13.8 Å². The SMILES string of the molecule is COC(=O)C(C)C.[CH3][BiH][CH3]. The summed E-state index contributed by atoms with van der Waals surface area (Å²) in [6, 6.07) is 0. The molecule has 0 aliphatic heterocycles. The van der Waals surface area contributed by atoms with Crippen LogP contribution in [0.5, 0.6) is 0 Å². The van der Waals surface area contributed by atoms with Crippen molar-refractivity contribution in [2.45, 2.75) is 23.1 Å². The van der Waals surface area contributed by atoms with Gasteiger partial charge >= 0.3 is 38.5 Å². The second kappa shape index (κ2) is 9.35. The van der Waals surface area contributed by atoms with Gasteiger partial charge in [0.15, 0.2) is 0 Å². The van der Waals surface area contributed by atoms with Crippen LogP contribution in [0.4, 0.5) is 0 Å². The standard InChI is InChI=1S/C5H10O2.2CH3.Bi.H/c1-4(2)5(6)7-3;;;;/h4H,1-3H3;2*1H3;;. The van der Waals surface area contributed by atoms with Gasteiger partial charge in [0, 0.05) is 0 Å². The molecule has 0 N–H and O–H groups in total. The van der Waals surface area contributed by atoms with Gasteiger partial charge in [0.1, 0.15) is 0 Å². The van der Waals surface area contributed by atoms with E-state index in [1.165, 1.54) is 7.11 Å². The van der Waals surface area contributed by atoms with Gasteiger partial charge in [-0.2, -0.15) is 0 Å². The van der Waals surface area contributed by atoms with E-state index in [1.54, 1.807) is 13.8 Å². The molecule has 2 nitrogen and oxygen atoms in total. The first kappa shape index (κ1) is 13.0. The van der Waals surface area contributed by atoms with Crippen molar-refractivity contribution in [1.29, 1.82) is 0 Å². The van der Waals surface area contributed by atoms with E-state index in [1.807, 2.05) is 0 Å². The van der Waals surface area contributed by atoms with E-state index in [9.17, 15) is 4.79 Å². The first-order valence-corrected chi connectivity index (χ1v) is 11.0. The van der Waals surface area contributed by atoms with Crippen molar-refractivity contribution < 1.29 is 9.53 Å². The Morgan fingerprint density at radius 3 is 1.70 bits per heavy atom. The predicted octanol–water partition coefficient (Wildman–Crippen LogP) is 1.33. The Balaban J connectivity index is 0. The Bertz CT molecular complexity index is 81.7. The fourth-order valence-corrected chi connectivity index (χ4v) is 0.236. The maximum absolute atomic E-state index is 10.3. The Hall–Kier alpha value is 0.353.